The highest BCUT2D eigenvalue weighted by Crippen LogP contribution is 2.23. The molecule has 0 bridgehead atoms. The molecule has 0 unspecified atom stereocenters. The van der Waals surface area contributed by atoms with Gasteiger partial charge in [0.2, 0.25) is 0 Å². The minimum absolute atomic E-state index is 0.159. The van der Waals surface area contributed by atoms with Crippen LogP contribution in [0.1, 0.15) is 22.8 Å². The molecule has 0 saturated carbocycles. The van der Waals surface area contributed by atoms with Gasteiger partial charge in [-0.05, 0) is 37.6 Å². The number of rotatable bonds is 2. The molecule has 0 aliphatic carbocycles. The molecule has 0 fully saturated rings. The number of carbonyl (C=O) groups is 1. The van der Waals surface area contributed by atoms with Crippen LogP contribution in [0.25, 0.3) is 0 Å². The topological polar surface area (TPSA) is 91.1 Å². The Morgan fingerprint density at radius 2 is 2.16 bits per heavy atom. The van der Waals surface area contributed by atoms with Crippen molar-refractivity contribution in [2.75, 3.05) is 12.3 Å². The Hall–Kier alpha value is -2.43. The third-order valence-corrected chi connectivity index (χ3v) is 2.40. The number of aromatic nitrogens is 1. The number of nitrogen functional groups attached to an aromatic ring is 1. The lowest BCUT2D eigenvalue weighted by molar-refractivity contribution is 0.0953. The summed E-state index contributed by atoms with van der Waals surface area (Å²) in [7, 11) is 0. The number of para-hydroxylation sites is 1. The van der Waals surface area contributed by atoms with Crippen molar-refractivity contribution in [1.82, 2.24) is 10.3 Å². The van der Waals surface area contributed by atoms with Gasteiger partial charge in [-0.3, -0.25) is 4.79 Å². The molecule has 19 heavy (non-hydrogen) atoms. The van der Waals surface area contributed by atoms with E-state index in [4.69, 9.17) is 5.73 Å². The van der Waals surface area contributed by atoms with Gasteiger partial charge in [-0.2, -0.15) is 0 Å². The first-order chi connectivity index (χ1) is 9.06. The average molecular weight is 261 g/mol. The molecule has 2 rings (SSSR count). The number of phenolic OH excluding ortho intramolecular Hbond substituents is 1. The second-order valence-electron chi connectivity index (χ2n) is 3.99. The van der Waals surface area contributed by atoms with Crippen molar-refractivity contribution in [1.29, 1.82) is 0 Å². The molecule has 5 N–H and O–H groups in total. The number of hydrogen-bond acceptors (Lipinski definition) is 3. The zero-order valence-corrected chi connectivity index (χ0v) is 11.1. The van der Waals surface area contributed by atoms with Crippen LogP contribution in [0.4, 0.5) is 5.69 Å². The fourth-order valence-electron chi connectivity index (χ4n) is 1.41. The molecule has 0 saturated heterocycles. The van der Waals surface area contributed by atoms with Crippen LogP contribution in [0.5, 0.6) is 5.75 Å². The van der Waals surface area contributed by atoms with E-state index >= 15 is 0 Å². The van der Waals surface area contributed by atoms with E-state index in [1.807, 2.05) is 18.5 Å². The second-order valence-corrected chi connectivity index (χ2v) is 3.99. The summed E-state index contributed by atoms with van der Waals surface area (Å²) >= 11 is 0. The van der Waals surface area contributed by atoms with E-state index in [-0.39, 0.29) is 22.9 Å². The van der Waals surface area contributed by atoms with Crippen LogP contribution >= 0.6 is 0 Å². The van der Waals surface area contributed by atoms with Crippen LogP contribution in [0.3, 0.4) is 0 Å². The molecule has 102 valence electrons. The van der Waals surface area contributed by atoms with Crippen LogP contribution < -0.4 is 11.1 Å². The zero-order valence-electron chi connectivity index (χ0n) is 11.1. The SMILES string of the molecule is CCNC(=O)c1cccc(N)c1O.Cc1cc[nH]c1. The van der Waals surface area contributed by atoms with Crippen LogP contribution in [-0.4, -0.2) is 22.5 Å². The Kier molecular flexibility index (Phi) is 5.47. The standard InChI is InChI=1S/C9H12N2O2.C5H7N/c1-2-11-9(13)6-4-3-5-7(10)8(6)12;1-5-2-3-6-4-5/h3-5,12H,2,10H2,1H3,(H,11,13);2-4,6H,1H3. The van der Waals surface area contributed by atoms with E-state index in [0.29, 0.717) is 6.54 Å². The molecule has 0 spiro atoms. The molecule has 5 heteroatoms. The van der Waals surface area contributed by atoms with Crippen molar-refractivity contribution < 1.29 is 9.90 Å². The van der Waals surface area contributed by atoms with E-state index < -0.39 is 0 Å². The van der Waals surface area contributed by atoms with Crippen molar-refractivity contribution in [2.24, 2.45) is 0 Å². The first-order valence-electron chi connectivity index (χ1n) is 6.01. The number of benzene rings is 1. The van der Waals surface area contributed by atoms with Crippen molar-refractivity contribution in [3.8, 4) is 5.75 Å². The van der Waals surface area contributed by atoms with E-state index in [0.717, 1.165) is 0 Å². The lowest BCUT2D eigenvalue weighted by Gasteiger charge is -2.05. The van der Waals surface area contributed by atoms with Crippen LogP contribution in [0.2, 0.25) is 0 Å². The predicted octanol–water partition coefficient (Wildman–Crippen LogP) is 2.05. The lowest BCUT2D eigenvalue weighted by Crippen LogP contribution is -2.22. The summed E-state index contributed by atoms with van der Waals surface area (Å²) in [6.45, 7) is 4.38. The monoisotopic (exact) mass is 261 g/mol. The summed E-state index contributed by atoms with van der Waals surface area (Å²) in [5, 5.41) is 12.0. The molecule has 1 amide bonds. The van der Waals surface area contributed by atoms with Gasteiger partial charge in [0, 0.05) is 18.9 Å². The molecule has 1 aromatic carbocycles. The van der Waals surface area contributed by atoms with Gasteiger partial charge >= 0.3 is 0 Å². The van der Waals surface area contributed by atoms with Crippen LogP contribution in [0.15, 0.2) is 36.7 Å². The first-order valence-corrected chi connectivity index (χ1v) is 6.01. The summed E-state index contributed by atoms with van der Waals surface area (Å²) in [6, 6.07) is 6.72. The number of aryl methyl sites for hydroxylation is 1. The van der Waals surface area contributed by atoms with E-state index in [1.54, 1.807) is 13.0 Å². The number of nitrogens with one attached hydrogen (secondary N) is 2. The van der Waals surface area contributed by atoms with E-state index in [2.05, 4.69) is 17.2 Å². The molecule has 0 atom stereocenters. The molecular formula is C14H19N3O2. The van der Waals surface area contributed by atoms with Gasteiger partial charge in [-0.15, -0.1) is 0 Å². The first kappa shape index (κ1) is 14.6. The Labute approximate surface area is 112 Å². The molecule has 0 aliphatic rings. The Bertz CT molecular complexity index is 521. The number of H-pyrrole nitrogens is 1. The number of hydrogen-bond donors (Lipinski definition) is 4. The highest BCUT2D eigenvalue weighted by atomic mass is 16.3. The Morgan fingerprint density at radius 3 is 2.63 bits per heavy atom. The van der Waals surface area contributed by atoms with Gasteiger partial charge in [0.1, 0.15) is 0 Å². The molecular weight excluding hydrogens is 242 g/mol. The van der Waals surface area contributed by atoms with Crippen molar-refractivity contribution in [3.63, 3.8) is 0 Å². The minimum Gasteiger partial charge on any atom is -0.505 e. The summed E-state index contributed by atoms with van der Waals surface area (Å²) in [5.41, 5.74) is 7.13. The van der Waals surface area contributed by atoms with Gasteiger partial charge < -0.3 is 21.1 Å². The minimum atomic E-state index is -0.313. The van der Waals surface area contributed by atoms with Gasteiger partial charge in [-0.25, -0.2) is 0 Å². The third kappa shape index (κ3) is 4.39. The third-order valence-electron chi connectivity index (χ3n) is 2.40. The Morgan fingerprint density at radius 1 is 1.42 bits per heavy atom. The van der Waals surface area contributed by atoms with Gasteiger partial charge in [0.15, 0.2) is 5.75 Å². The van der Waals surface area contributed by atoms with E-state index in [1.165, 1.54) is 17.7 Å². The summed E-state index contributed by atoms with van der Waals surface area (Å²) < 4.78 is 0. The van der Waals surface area contributed by atoms with Crippen LogP contribution in [0, 0.1) is 6.92 Å². The second kappa shape index (κ2) is 7.10. The quantitative estimate of drug-likeness (QED) is 0.492. The fraction of sp³-hybridized carbons (Fsp3) is 0.214. The molecule has 1 aromatic heterocycles. The smallest absolute Gasteiger partial charge is 0.255 e. The largest absolute Gasteiger partial charge is 0.505 e. The number of anilines is 1. The van der Waals surface area contributed by atoms with Crippen molar-refractivity contribution >= 4 is 11.6 Å². The molecule has 1 heterocycles. The molecule has 0 aliphatic heterocycles. The highest BCUT2D eigenvalue weighted by molar-refractivity contribution is 5.98. The number of aromatic amines is 1. The maximum atomic E-state index is 11.3. The van der Waals surface area contributed by atoms with Crippen molar-refractivity contribution in [2.45, 2.75) is 13.8 Å². The number of aromatic hydroxyl groups is 1. The fourth-order valence-corrected chi connectivity index (χ4v) is 1.41. The summed E-state index contributed by atoms with van der Waals surface area (Å²) in [6.07, 6.45) is 3.87. The van der Waals surface area contributed by atoms with E-state index in [9.17, 15) is 9.90 Å². The summed E-state index contributed by atoms with van der Waals surface area (Å²) in [5.74, 6) is -0.472. The average Bonchev–Trinajstić information content (AvgIpc) is 2.85. The normalized spacial score (nSPS) is 9.37. The number of amides is 1. The highest BCUT2D eigenvalue weighted by Gasteiger charge is 2.10. The zero-order chi connectivity index (χ0) is 14.3. The number of phenols is 1. The molecule has 5 nitrogen and oxygen atoms in total. The van der Waals surface area contributed by atoms with Gasteiger partial charge in [0.05, 0.1) is 11.3 Å². The van der Waals surface area contributed by atoms with Crippen molar-refractivity contribution in [3.05, 3.63) is 47.8 Å². The van der Waals surface area contributed by atoms with Crippen LogP contribution in [-0.2, 0) is 0 Å². The molecule has 2 aromatic rings. The predicted molar refractivity (Wildman–Crippen MR) is 76.1 cm³/mol. The van der Waals surface area contributed by atoms with Gasteiger partial charge in [-0.1, -0.05) is 6.07 Å². The number of nitrogens with two attached hydrogens (primary N) is 1. The maximum Gasteiger partial charge on any atom is 0.255 e. The summed E-state index contributed by atoms with van der Waals surface area (Å²) in [4.78, 5) is 14.2. The molecule has 0 radical (unpaired) electrons. The maximum absolute atomic E-state index is 11.3. The Balaban J connectivity index is 0.000000250. The van der Waals surface area contributed by atoms with Gasteiger partial charge in [0.25, 0.3) is 5.91 Å². The number of carbonyl (C=O) groups excluding carboxylic acids is 1. The lowest BCUT2D eigenvalue weighted by atomic mass is 10.1.